The van der Waals surface area contributed by atoms with E-state index in [1.807, 2.05) is 6.26 Å². The second-order valence-corrected chi connectivity index (χ2v) is 4.40. The van der Waals surface area contributed by atoms with E-state index in [0.29, 0.717) is 12.0 Å². The third-order valence-electron chi connectivity index (χ3n) is 3.30. The predicted octanol–water partition coefficient (Wildman–Crippen LogP) is 2.73. The van der Waals surface area contributed by atoms with Crippen molar-refractivity contribution in [1.29, 1.82) is 0 Å². The molecule has 0 spiro atoms. The van der Waals surface area contributed by atoms with E-state index < -0.39 is 0 Å². The van der Waals surface area contributed by atoms with E-state index in [1.165, 1.54) is 37.7 Å². The van der Waals surface area contributed by atoms with Crippen molar-refractivity contribution in [3.8, 4) is 0 Å². The van der Waals surface area contributed by atoms with E-state index in [4.69, 9.17) is 10.2 Å². The summed E-state index contributed by atoms with van der Waals surface area (Å²) in [6.45, 7) is 0. The molecule has 2 nitrogen and oxygen atoms in total. The summed E-state index contributed by atoms with van der Waals surface area (Å²) in [6, 6.07) is 2.45. The SMILES string of the molecule is NC1CCCCCC1Cc1ccoc1. The lowest BCUT2D eigenvalue weighted by Crippen LogP contribution is -2.30. The van der Waals surface area contributed by atoms with Crippen LogP contribution in [-0.4, -0.2) is 6.04 Å². The summed E-state index contributed by atoms with van der Waals surface area (Å²) in [5, 5.41) is 0. The van der Waals surface area contributed by atoms with Crippen LogP contribution in [0.4, 0.5) is 0 Å². The van der Waals surface area contributed by atoms with Crippen molar-refractivity contribution in [2.75, 3.05) is 0 Å². The first-order chi connectivity index (χ1) is 6.86. The molecule has 2 heteroatoms. The molecule has 2 atom stereocenters. The minimum atomic E-state index is 0.396. The fraction of sp³-hybridized carbons (Fsp3) is 0.667. The zero-order valence-corrected chi connectivity index (χ0v) is 8.61. The first-order valence-electron chi connectivity index (χ1n) is 5.63. The molecule has 2 unspecified atom stereocenters. The smallest absolute Gasteiger partial charge is 0.0934 e. The van der Waals surface area contributed by atoms with Crippen molar-refractivity contribution >= 4 is 0 Å². The maximum atomic E-state index is 6.16. The van der Waals surface area contributed by atoms with Crippen molar-refractivity contribution < 1.29 is 4.42 Å². The van der Waals surface area contributed by atoms with Gasteiger partial charge in [0.15, 0.2) is 0 Å². The summed E-state index contributed by atoms with van der Waals surface area (Å²) in [7, 11) is 0. The van der Waals surface area contributed by atoms with Gasteiger partial charge in [-0.05, 0) is 36.8 Å². The Hall–Kier alpha value is -0.760. The molecule has 1 saturated carbocycles. The molecule has 2 N–H and O–H groups in total. The first kappa shape index (κ1) is 9.78. The first-order valence-corrected chi connectivity index (χ1v) is 5.63. The fourth-order valence-electron chi connectivity index (χ4n) is 2.38. The molecule has 1 aromatic rings. The number of nitrogens with two attached hydrogens (primary N) is 1. The third kappa shape index (κ3) is 2.38. The van der Waals surface area contributed by atoms with E-state index in [2.05, 4.69) is 6.07 Å². The van der Waals surface area contributed by atoms with Gasteiger partial charge in [0.25, 0.3) is 0 Å². The zero-order valence-electron chi connectivity index (χ0n) is 8.61. The largest absolute Gasteiger partial charge is 0.472 e. The van der Waals surface area contributed by atoms with E-state index in [9.17, 15) is 0 Å². The highest BCUT2D eigenvalue weighted by Crippen LogP contribution is 2.25. The van der Waals surface area contributed by atoms with Crippen LogP contribution in [0.25, 0.3) is 0 Å². The van der Waals surface area contributed by atoms with Crippen molar-refractivity contribution in [2.24, 2.45) is 11.7 Å². The van der Waals surface area contributed by atoms with Crippen LogP contribution < -0.4 is 5.73 Å². The Morgan fingerprint density at radius 1 is 1.29 bits per heavy atom. The molecule has 78 valence electrons. The van der Waals surface area contributed by atoms with Gasteiger partial charge in [0.1, 0.15) is 0 Å². The topological polar surface area (TPSA) is 39.2 Å². The quantitative estimate of drug-likeness (QED) is 0.733. The van der Waals surface area contributed by atoms with Crippen molar-refractivity contribution in [3.63, 3.8) is 0 Å². The lowest BCUT2D eigenvalue weighted by Gasteiger charge is -2.20. The molecule has 1 aromatic heterocycles. The highest BCUT2D eigenvalue weighted by Gasteiger charge is 2.20. The lowest BCUT2D eigenvalue weighted by molar-refractivity contribution is 0.394. The Morgan fingerprint density at radius 3 is 2.93 bits per heavy atom. The van der Waals surface area contributed by atoms with Gasteiger partial charge in [0, 0.05) is 6.04 Å². The molecule has 0 saturated heterocycles. The molecular formula is C12H19NO. The van der Waals surface area contributed by atoms with Crippen molar-refractivity contribution in [1.82, 2.24) is 0 Å². The number of furan rings is 1. The average molecular weight is 193 g/mol. The molecule has 2 rings (SSSR count). The molecule has 0 radical (unpaired) electrons. The standard InChI is InChI=1S/C12H19NO/c13-12-5-3-1-2-4-11(12)8-10-6-7-14-9-10/h6-7,9,11-12H,1-5,8,13H2. The summed E-state index contributed by atoms with van der Waals surface area (Å²) in [5.41, 5.74) is 7.46. The van der Waals surface area contributed by atoms with E-state index in [-0.39, 0.29) is 0 Å². The third-order valence-corrected chi connectivity index (χ3v) is 3.30. The Labute approximate surface area is 85.5 Å². The minimum Gasteiger partial charge on any atom is -0.472 e. The van der Waals surface area contributed by atoms with Crippen LogP contribution in [0.3, 0.4) is 0 Å². The van der Waals surface area contributed by atoms with E-state index >= 15 is 0 Å². The Bertz CT molecular complexity index is 255. The second-order valence-electron chi connectivity index (χ2n) is 4.40. The molecule has 1 heterocycles. The highest BCUT2D eigenvalue weighted by atomic mass is 16.3. The molecule has 0 aromatic carbocycles. The summed E-state index contributed by atoms with van der Waals surface area (Å²) >= 11 is 0. The zero-order chi connectivity index (χ0) is 9.80. The van der Waals surface area contributed by atoms with Gasteiger partial charge in [-0.25, -0.2) is 0 Å². The van der Waals surface area contributed by atoms with Crippen molar-refractivity contribution in [2.45, 2.75) is 44.6 Å². The van der Waals surface area contributed by atoms with Crippen LogP contribution in [0.15, 0.2) is 23.0 Å². The van der Waals surface area contributed by atoms with E-state index in [0.717, 1.165) is 6.42 Å². The molecule has 1 fully saturated rings. The van der Waals surface area contributed by atoms with Gasteiger partial charge < -0.3 is 10.2 Å². The Morgan fingerprint density at radius 2 is 2.14 bits per heavy atom. The summed E-state index contributed by atoms with van der Waals surface area (Å²) < 4.78 is 5.08. The number of rotatable bonds is 2. The van der Waals surface area contributed by atoms with Crippen molar-refractivity contribution in [3.05, 3.63) is 24.2 Å². The molecular weight excluding hydrogens is 174 g/mol. The maximum absolute atomic E-state index is 6.16. The lowest BCUT2D eigenvalue weighted by atomic mass is 9.90. The number of hydrogen-bond acceptors (Lipinski definition) is 2. The van der Waals surface area contributed by atoms with Crippen LogP contribution in [0.2, 0.25) is 0 Å². The van der Waals surface area contributed by atoms with Gasteiger partial charge >= 0.3 is 0 Å². The molecule has 1 aliphatic rings. The predicted molar refractivity (Wildman–Crippen MR) is 57.0 cm³/mol. The Balaban J connectivity index is 1.94. The summed E-state index contributed by atoms with van der Waals surface area (Å²) in [6.07, 6.45) is 11.2. The number of hydrogen-bond donors (Lipinski definition) is 1. The van der Waals surface area contributed by atoms with Gasteiger partial charge in [-0.1, -0.05) is 19.3 Å². The maximum Gasteiger partial charge on any atom is 0.0934 e. The molecule has 1 aliphatic carbocycles. The monoisotopic (exact) mass is 193 g/mol. The highest BCUT2D eigenvalue weighted by molar-refractivity contribution is 5.07. The normalized spacial score (nSPS) is 28.6. The van der Waals surface area contributed by atoms with Crippen LogP contribution >= 0.6 is 0 Å². The van der Waals surface area contributed by atoms with Gasteiger partial charge in [-0.3, -0.25) is 0 Å². The van der Waals surface area contributed by atoms with Crippen LogP contribution in [0.5, 0.6) is 0 Å². The van der Waals surface area contributed by atoms with Gasteiger partial charge in [-0.15, -0.1) is 0 Å². The van der Waals surface area contributed by atoms with Gasteiger partial charge in [-0.2, -0.15) is 0 Å². The second kappa shape index (κ2) is 4.65. The van der Waals surface area contributed by atoms with Crippen LogP contribution in [-0.2, 0) is 6.42 Å². The minimum absolute atomic E-state index is 0.396. The fourth-order valence-corrected chi connectivity index (χ4v) is 2.38. The van der Waals surface area contributed by atoms with Crippen LogP contribution in [0.1, 0.15) is 37.7 Å². The molecule has 0 amide bonds. The van der Waals surface area contributed by atoms with Gasteiger partial charge in [0.2, 0.25) is 0 Å². The van der Waals surface area contributed by atoms with E-state index in [1.54, 1.807) is 6.26 Å². The van der Waals surface area contributed by atoms with Crippen LogP contribution in [0, 0.1) is 5.92 Å². The molecule has 14 heavy (non-hydrogen) atoms. The molecule has 0 aliphatic heterocycles. The summed E-state index contributed by atoms with van der Waals surface area (Å²) in [4.78, 5) is 0. The molecule has 0 bridgehead atoms. The average Bonchev–Trinajstić information content (AvgIpc) is 2.60. The van der Waals surface area contributed by atoms with Gasteiger partial charge in [0.05, 0.1) is 12.5 Å². The Kier molecular flexibility index (Phi) is 3.25. The summed E-state index contributed by atoms with van der Waals surface area (Å²) in [5.74, 6) is 0.662.